The van der Waals surface area contributed by atoms with E-state index in [0.29, 0.717) is 3.57 Å². The third-order valence-corrected chi connectivity index (χ3v) is 2.83. The van der Waals surface area contributed by atoms with Gasteiger partial charge >= 0.3 is 0 Å². The lowest BCUT2D eigenvalue weighted by Gasteiger charge is -2.06. The standard InChI is InChI=1S/C8H7IN2O4/c1-15-6-3-4(11(13)14)2-5(7(6)9)8(10)12/h2-3H,1H3,(H2,10,12). The molecule has 1 rings (SSSR count). The van der Waals surface area contributed by atoms with Gasteiger partial charge in [-0.2, -0.15) is 0 Å². The molecule has 0 heterocycles. The Morgan fingerprint density at radius 2 is 2.20 bits per heavy atom. The zero-order chi connectivity index (χ0) is 11.6. The molecule has 0 radical (unpaired) electrons. The highest BCUT2D eigenvalue weighted by Gasteiger charge is 2.18. The summed E-state index contributed by atoms with van der Waals surface area (Å²) in [6, 6.07) is 2.38. The van der Waals surface area contributed by atoms with Crippen LogP contribution in [0.2, 0.25) is 0 Å². The van der Waals surface area contributed by atoms with E-state index in [0.717, 1.165) is 6.07 Å². The fraction of sp³-hybridized carbons (Fsp3) is 0.125. The molecule has 1 aromatic carbocycles. The molecule has 0 atom stereocenters. The Kier molecular flexibility index (Phi) is 3.45. The van der Waals surface area contributed by atoms with Crippen molar-refractivity contribution in [1.29, 1.82) is 0 Å². The third kappa shape index (κ3) is 2.35. The Morgan fingerprint density at radius 1 is 1.60 bits per heavy atom. The molecule has 15 heavy (non-hydrogen) atoms. The van der Waals surface area contributed by atoms with Crippen LogP contribution < -0.4 is 10.5 Å². The number of nitro benzene ring substituents is 1. The second-order valence-corrected chi connectivity index (χ2v) is 3.71. The van der Waals surface area contributed by atoms with Gasteiger partial charge < -0.3 is 10.5 Å². The van der Waals surface area contributed by atoms with E-state index < -0.39 is 10.8 Å². The van der Waals surface area contributed by atoms with Crippen LogP contribution in [0.15, 0.2) is 12.1 Å². The molecule has 1 aromatic rings. The molecule has 0 aliphatic heterocycles. The smallest absolute Gasteiger partial charge is 0.274 e. The summed E-state index contributed by atoms with van der Waals surface area (Å²) in [6.45, 7) is 0. The Hall–Kier alpha value is -1.38. The van der Waals surface area contributed by atoms with E-state index in [1.54, 1.807) is 0 Å². The number of primary amides is 1. The molecule has 1 amide bonds. The molecular formula is C8H7IN2O4. The van der Waals surface area contributed by atoms with Crippen LogP contribution in [0, 0.1) is 13.7 Å². The minimum absolute atomic E-state index is 0.0849. The van der Waals surface area contributed by atoms with Gasteiger partial charge in [0.05, 0.1) is 27.2 Å². The van der Waals surface area contributed by atoms with Crippen LogP contribution in [0.1, 0.15) is 10.4 Å². The highest BCUT2D eigenvalue weighted by Crippen LogP contribution is 2.29. The van der Waals surface area contributed by atoms with E-state index in [4.69, 9.17) is 10.5 Å². The van der Waals surface area contributed by atoms with Crippen molar-refractivity contribution in [2.75, 3.05) is 7.11 Å². The number of ether oxygens (including phenoxy) is 1. The number of nitrogens with zero attached hydrogens (tertiary/aromatic N) is 1. The van der Waals surface area contributed by atoms with Crippen molar-refractivity contribution in [3.05, 3.63) is 31.4 Å². The van der Waals surface area contributed by atoms with E-state index in [-0.39, 0.29) is 17.0 Å². The van der Waals surface area contributed by atoms with E-state index in [1.807, 2.05) is 22.6 Å². The Bertz CT molecular complexity index is 433. The average molecular weight is 322 g/mol. The first kappa shape index (κ1) is 11.7. The molecule has 6 nitrogen and oxygen atoms in total. The number of hydrogen-bond donors (Lipinski definition) is 1. The lowest BCUT2D eigenvalue weighted by molar-refractivity contribution is -0.385. The summed E-state index contributed by atoms with van der Waals surface area (Å²) in [4.78, 5) is 20.9. The number of nitrogens with two attached hydrogens (primary N) is 1. The molecule has 0 unspecified atom stereocenters. The van der Waals surface area contributed by atoms with Crippen molar-refractivity contribution in [2.45, 2.75) is 0 Å². The second-order valence-electron chi connectivity index (χ2n) is 2.63. The lowest BCUT2D eigenvalue weighted by Crippen LogP contribution is -2.13. The summed E-state index contributed by atoms with van der Waals surface area (Å²) in [6.07, 6.45) is 0. The van der Waals surface area contributed by atoms with Crippen LogP contribution >= 0.6 is 22.6 Å². The van der Waals surface area contributed by atoms with Crippen molar-refractivity contribution in [2.24, 2.45) is 5.73 Å². The summed E-state index contributed by atoms with van der Waals surface area (Å²) >= 11 is 1.85. The topological polar surface area (TPSA) is 95.5 Å². The fourth-order valence-corrected chi connectivity index (χ4v) is 1.81. The lowest BCUT2D eigenvalue weighted by atomic mass is 10.2. The largest absolute Gasteiger partial charge is 0.495 e. The van der Waals surface area contributed by atoms with E-state index in [1.165, 1.54) is 13.2 Å². The second kappa shape index (κ2) is 4.43. The first-order chi connectivity index (χ1) is 6.97. The predicted molar refractivity (Wildman–Crippen MR) is 60.9 cm³/mol. The predicted octanol–water partition coefficient (Wildman–Crippen LogP) is 1.31. The van der Waals surface area contributed by atoms with Crippen LogP contribution in [0.3, 0.4) is 0 Å². The number of carbonyl (C=O) groups is 1. The number of benzene rings is 1. The van der Waals surface area contributed by atoms with Gasteiger partial charge in [0, 0.05) is 6.07 Å². The van der Waals surface area contributed by atoms with E-state index in [9.17, 15) is 14.9 Å². The molecule has 2 N–H and O–H groups in total. The molecular weight excluding hydrogens is 315 g/mol. The zero-order valence-electron chi connectivity index (χ0n) is 7.69. The Balaban J connectivity index is 3.45. The molecule has 80 valence electrons. The van der Waals surface area contributed by atoms with Gasteiger partial charge in [-0.1, -0.05) is 0 Å². The Labute approximate surface area is 98.7 Å². The molecule has 0 bridgehead atoms. The molecule has 0 aromatic heterocycles. The molecule has 7 heteroatoms. The summed E-state index contributed by atoms with van der Waals surface area (Å²) in [5.74, 6) is -0.458. The molecule has 0 aliphatic rings. The number of amides is 1. The summed E-state index contributed by atoms with van der Waals surface area (Å²) in [5.41, 5.74) is 4.95. The van der Waals surface area contributed by atoms with Gasteiger partial charge in [-0.05, 0) is 22.6 Å². The van der Waals surface area contributed by atoms with Crippen LogP contribution in [0.25, 0.3) is 0 Å². The first-order valence-corrected chi connectivity index (χ1v) is 4.87. The molecule has 0 saturated carbocycles. The number of nitro groups is 1. The van der Waals surface area contributed by atoms with Crippen LogP contribution in [0.4, 0.5) is 5.69 Å². The van der Waals surface area contributed by atoms with Crippen molar-refractivity contribution in [1.82, 2.24) is 0 Å². The van der Waals surface area contributed by atoms with Crippen molar-refractivity contribution in [3.8, 4) is 5.75 Å². The normalized spacial score (nSPS) is 9.73. The number of carbonyl (C=O) groups excluding carboxylic acids is 1. The van der Waals surface area contributed by atoms with Gasteiger partial charge in [0.2, 0.25) is 5.91 Å². The summed E-state index contributed by atoms with van der Waals surface area (Å²) < 4.78 is 5.37. The first-order valence-electron chi connectivity index (χ1n) is 3.79. The number of rotatable bonds is 3. The van der Waals surface area contributed by atoms with Crippen LogP contribution in [-0.2, 0) is 0 Å². The highest BCUT2D eigenvalue weighted by molar-refractivity contribution is 14.1. The van der Waals surface area contributed by atoms with Gasteiger partial charge in [-0.15, -0.1) is 0 Å². The van der Waals surface area contributed by atoms with Gasteiger partial charge in [-0.3, -0.25) is 14.9 Å². The molecule has 0 saturated heterocycles. The molecule has 0 aliphatic carbocycles. The quantitative estimate of drug-likeness (QED) is 0.515. The summed E-state index contributed by atoms with van der Waals surface area (Å²) in [7, 11) is 1.37. The Morgan fingerprint density at radius 3 is 2.60 bits per heavy atom. The molecule has 0 spiro atoms. The maximum absolute atomic E-state index is 11.0. The van der Waals surface area contributed by atoms with Crippen molar-refractivity contribution < 1.29 is 14.5 Å². The minimum atomic E-state index is -0.721. The van der Waals surface area contributed by atoms with Gasteiger partial charge in [0.25, 0.3) is 5.69 Å². The maximum Gasteiger partial charge on any atom is 0.274 e. The SMILES string of the molecule is COc1cc([N+](=O)[O-])cc(C(N)=O)c1I. The van der Waals surface area contributed by atoms with Gasteiger partial charge in [0.15, 0.2) is 0 Å². The maximum atomic E-state index is 11.0. The number of hydrogen-bond acceptors (Lipinski definition) is 4. The number of halogens is 1. The zero-order valence-corrected chi connectivity index (χ0v) is 9.85. The molecule has 0 fully saturated rings. The van der Waals surface area contributed by atoms with E-state index in [2.05, 4.69) is 0 Å². The monoisotopic (exact) mass is 322 g/mol. The average Bonchev–Trinajstić information content (AvgIpc) is 2.17. The number of non-ortho nitro benzene ring substituents is 1. The number of methoxy groups -OCH3 is 1. The van der Waals surface area contributed by atoms with Crippen molar-refractivity contribution in [3.63, 3.8) is 0 Å². The summed E-state index contributed by atoms with van der Waals surface area (Å²) in [5, 5.41) is 10.6. The van der Waals surface area contributed by atoms with Gasteiger partial charge in [-0.25, -0.2) is 0 Å². The van der Waals surface area contributed by atoms with Crippen molar-refractivity contribution >= 4 is 34.2 Å². The van der Waals surface area contributed by atoms with Crippen LogP contribution in [0.5, 0.6) is 5.75 Å². The van der Waals surface area contributed by atoms with E-state index >= 15 is 0 Å². The fourth-order valence-electron chi connectivity index (χ4n) is 1.02. The minimum Gasteiger partial charge on any atom is -0.495 e. The van der Waals surface area contributed by atoms with Gasteiger partial charge in [0.1, 0.15) is 5.75 Å². The highest BCUT2D eigenvalue weighted by atomic mass is 127. The van der Waals surface area contributed by atoms with Crippen LogP contribution in [-0.4, -0.2) is 17.9 Å². The third-order valence-electron chi connectivity index (χ3n) is 1.72.